The summed E-state index contributed by atoms with van der Waals surface area (Å²) in [5.41, 5.74) is 0. The number of carbonyl (C=O) groups excluding carboxylic acids is 3. The molecule has 1 fully saturated rings. The summed E-state index contributed by atoms with van der Waals surface area (Å²) >= 11 is 0. The van der Waals surface area contributed by atoms with Crippen molar-refractivity contribution in [2.45, 2.75) is 168 Å². The summed E-state index contributed by atoms with van der Waals surface area (Å²) in [5.74, 6) is -2.07. The zero-order chi connectivity index (χ0) is 29.2. The van der Waals surface area contributed by atoms with Gasteiger partial charge >= 0.3 is 29.0 Å². The van der Waals surface area contributed by atoms with E-state index >= 15 is 0 Å². The quantitative estimate of drug-likeness (QED) is 0.0774. The first kappa shape index (κ1) is 43.6. The van der Waals surface area contributed by atoms with Gasteiger partial charge in [0.25, 0.3) is 0 Å². The fraction of sp³-hybridized carbons (Fsp3) is 0.906. The molecule has 1 aliphatic heterocycles. The van der Waals surface area contributed by atoms with E-state index < -0.39 is 11.9 Å². The van der Waals surface area contributed by atoms with Crippen LogP contribution < -0.4 is 10.2 Å². The molecule has 0 spiro atoms. The third-order valence-electron chi connectivity index (χ3n) is 6.68. The Bertz CT molecular complexity index is 499. The first-order valence-corrected chi connectivity index (χ1v) is 16.1. The zero-order valence-electron chi connectivity index (χ0n) is 26.2. The molecule has 1 heterocycles. The normalized spacial score (nSPS) is 12.2. The Morgan fingerprint density at radius 2 is 0.850 bits per heavy atom. The Hall–Kier alpha value is -0.864. The van der Waals surface area contributed by atoms with Gasteiger partial charge in [0.15, 0.2) is 0 Å². The smallest absolute Gasteiger partial charge is 0.550 e. The topological polar surface area (TPSA) is 116 Å². The van der Waals surface area contributed by atoms with E-state index in [4.69, 9.17) is 4.74 Å². The van der Waals surface area contributed by atoms with Gasteiger partial charge in [-0.3, -0.25) is 0 Å². The van der Waals surface area contributed by atoms with E-state index in [1.165, 1.54) is 116 Å². The van der Waals surface area contributed by atoms with Crippen LogP contribution in [0.2, 0.25) is 0 Å². The maximum atomic E-state index is 10.1. The van der Waals surface area contributed by atoms with E-state index in [1.54, 1.807) is 0 Å². The van der Waals surface area contributed by atoms with Crippen molar-refractivity contribution in [3.8, 4) is 0 Å². The number of hydrogen-bond acceptors (Lipinski definition) is 7. The molecule has 0 N–H and O–H groups in total. The number of ether oxygens (including phenoxy) is 2. The first-order chi connectivity index (χ1) is 18.9. The van der Waals surface area contributed by atoms with E-state index in [0.717, 1.165) is 25.7 Å². The second-order valence-corrected chi connectivity index (χ2v) is 10.6. The van der Waals surface area contributed by atoms with Crippen LogP contribution in [0.4, 0.5) is 0 Å². The fourth-order valence-electron chi connectivity index (χ4n) is 4.28. The molecule has 0 aromatic carbocycles. The minimum Gasteiger partial charge on any atom is -0.550 e. The van der Waals surface area contributed by atoms with Gasteiger partial charge in [-0.2, -0.15) is 0 Å². The third kappa shape index (κ3) is 44.2. The summed E-state index contributed by atoms with van der Waals surface area (Å²) in [6.45, 7) is 5.57. The van der Waals surface area contributed by atoms with Crippen LogP contribution in [0.15, 0.2) is 0 Å². The van der Waals surface area contributed by atoms with E-state index in [-0.39, 0.29) is 48.5 Å². The monoisotopic (exact) mass is 580 g/mol. The van der Waals surface area contributed by atoms with Gasteiger partial charge in [-0.05, 0) is 25.7 Å². The molecule has 0 atom stereocenters. The molecule has 0 amide bonds. The standard InChI is InChI=1S/2C14H28O2.C4H6O3.Mg/c2*1-2-3-4-5-6-7-8-9-10-11-12-13-14(15)16;5-4-3-6-1-2-7-4;/h2*2-13H2,1H3,(H,15,16);1-3H2;/q;;;+2/p-2. The number of aliphatic carboxylic acids is 2. The summed E-state index contributed by atoms with van der Waals surface area (Å²) in [6, 6.07) is 0. The number of esters is 1. The van der Waals surface area contributed by atoms with Gasteiger partial charge in [-0.25, -0.2) is 4.79 Å². The molecule has 0 radical (unpaired) electrons. The molecule has 40 heavy (non-hydrogen) atoms. The van der Waals surface area contributed by atoms with Crippen LogP contribution in [-0.2, 0) is 23.9 Å². The molecule has 0 unspecified atom stereocenters. The number of hydrogen-bond donors (Lipinski definition) is 0. The first-order valence-electron chi connectivity index (χ1n) is 16.1. The minimum absolute atomic E-state index is 0. The molecule has 0 aliphatic carbocycles. The van der Waals surface area contributed by atoms with Crippen molar-refractivity contribution in [3.63, 3.8) is 0 Å². The Kier molecular flexibility index (Phi) is 41.6. The van der Waals surface area contributed by atoms with Crippen molar-refractivity contribution in [1.29, 1.82) is 0 Å². The van der Waals surface area contributed by atoms with E-state index in [2.05, 4.69) is 18.6 Å². The summed E-state index contributed by atoms with van der Waals surface area (Å²) in [7, 11) is 0. The van der Waals surface area contributed by atoms with Gasteiger partial charge in [0, 0.05) is 11.9 Å². The van der Waals surface area contributed by atoms with E-state index in [0.29, 0.717) is 13.2 Å². The van der Waals surface area contributed by atoms with Crippen molar-refractivity contribution in [1.82, 2.24) is 0 Å². The Morgan fingerprint density at radius 1 is 0.550 bits per heavy atom. The van der Waals surface area contributed by atoms with Crippen molar-refractivity contribution in [3.05, 3.63) is 0 Å². The second kappa shape index (κ2) is 38.1. The van der Waals surface area contributed by atoms with Crippen LogP contribution in [0, 0.1) is 0 Å². The van der Waals surface area contributed by atoms with Gasteiger partial charge < -0.3 is 29.3 Å². The molecule has 1 rings (SSSR count). The van der Waals surface area contributed by atoms with Crippen LogP contribution in [-0.4, -0.2) is 60.8 Å². The number of rotatable bonds is 24. The van der Waals surface area contributed by atoms with Gasteiger partial charge in [0.2, 0.25) is 0 Å². The molecular weight excluding hydrogens is 521 g/mol. The number of unbranched alkanes of at least 4 members (excludes halogenated alkanes) is 20. The second-order valence-electron chi connectivity index (χ2n) is 10.6. The summed E-state index contributed by atoms with van der Waals surface area (Å²) in [5, 5.41) is 20.3. The summed E-state index contributed by atoms with van der Waals surface area (Å²) in [6.07, 6.45) is 28.1. The van der Waals surface area contributed by atoms with Gasteiger partial charge in [0.1, 0.15) is 13.2 Å². The number of cyclic esters (lactones) is 1. The van der Waals surface area contributed by atoms with Crippen LogP contribution in [0.5, 0.6) is 0 Å². The van der Waals surface area contributed by atoms with E-state index in [9.17, 15) is 24.6 Å². The maximum absolute atomic E-state index is 10.1. The number of carboxylic acids is 2. The molecule has 232 valence electrons. The Labute approximate surface area is 262 Å². The molecule has 7 nitrogen and oxygen atoms in total. The average Bonchev–Trinajstić information content (AvgIpc) is 2.91. The van der Waals surface area contributed by atoms with Crippen LogP contribution >= 0.6 is 0 Å². The Morgan fingerprint density at radius 3 is 1.05 bits per heavy atom. The number of carboxylic acid groups (broad SMARTS) is 2. The predicted molar refractivity (Wildman–Crippen MR) is 160 cm³/mol. The molecule has 0 saturated carbocycles. The predicted octanol–water partition coefficient (Wildman–Crippen LogP) is 6.05. The van der Waals surface area contributed by atoms with Crippen LogP contribution in [0.25, 0.3) is 0 Å². The minimum atomic E-state index is -0.907. The largest absolute Gasteiger partial charge is 2.00 e. The third-order valence-corrected chi connectivity index (χ3v) is 6.68. The van der Waals surface area contributed by atoms with Gasteiger partial charge in [-0.1, -0.05) is 142 Å². The van der Waals surface area contributed by atoms with Crippen LogP contribution in [0.1, 0.15) is 168 Å². The summed E-state index contributed by atoms with van der Waals surface area (Å²) < 4.78 is 9.22. The molecule has 1 saturated heterocycles. The number of carbonyl (C=O) groups is 3. The van der Waals surface area contributed by atoms with Crippen LogP contribution in [0.3, 0.4) is 0 Å². The molecule has 1 aliphatic rings. The molecular formula is C32H60MgO7. The Balaban J connectivity index is -0.000000541. The maximum Gasteiger partial charge on any atom is 2.00 e. The van der Waals surface area contributed by atoms with Gasteiger partial charge in [-0.15, -0.1) is 0 Å². The van der Waals surface area contributed by atoms with Crippen molar-refractivity contribution >= 4 is 41.0 Å². The zero-order valence-corrected chi connectivity index (χ0v) is 27.6. The molecule has 0 aromatic heterocycles. The van der Waals surface area contributed by atoms with E-state index in [1.807, 2.05) is 0 Å². The van der Waals surface area contributed by atoms with Crippen molar-refractivity contribution < 1.29 is 34.1 Å². The SMILES string of the molecule is CCCCCCCCCCCCCC(=O)[O-].CCCCCCCCCCCCCC(=O)[O-].O=C1COCCO1.[Mg+2]. The van der Waals surface area contributed by atoms with Gasteiger partial charge in [0.05, 0.1) is 6.61 Å². The molecule has 0 aromatic rings. The summed E-state index contributed by atoms with van der Waals surface area (Å²) in [4.78, 5) is 30.4. The van der Waals surface area contributed by atoms with Crippen molar-refractivity contribution in [2.24, 2.45) is 0 Å². The average molecular weight is 581 g/mol. The molecule has 8 heteroatoms. The fourth-order valence-corrected chi connectivity index (χ4v) is 4.28. The molecule has 0 bridgehead atoms. The van der Waals surface area contributed by atoms with Crippen molar-refractivity contribution in [2.75, 3.05) is 19.8 Å².